The van der Waals surface area contributed by atoms with E-state index in [-0.39, 0.29) is 23.0 Å². The molecule has 20 heavy (non-hydrogen) atoms. The molecule has 0 fully saturated rings. The van der Waals surface area contributed by atoms with E-state index in [4.69, 9.17) is 10.5 Å². The van der Waals surface area contributed by atoms with E-state index in [2.05, 4.69) is 9.97 Å². The van der Waals surface area contributed by atoms with Crippen LogP contribution in [0.3, 0.4) is 0 Å². The predicted octanol–water partition coefficient (Wildman–Crippen LogP) is 1.00. The maximum Gasteiger partial charge on any atom is 0.360 e. The molecule has 3 N–H and O–H groups in total. The second-order valence-electron chi connectivity index (χ2n) is 4.10. The summed E-state index contributed by atoms with van der Waals surface area (Å²) in [6.45, 7) is 4.29. The third-order valence-corrected chi connectivity index (χ3v) is 3.49. The molecular weight excluding hydrogens is 280 g/mol. The second-order valence-corrected chi connectivity index (χ2v) is 4.94. The first-order valence-electron chi connectivity index (χ1n) is 6.25. The summed E-state index contributed by atoms with van der Waals surface area (Å²) < 4.78 is 6.64. The Balaban J connectivity index is 2.36. The van der Waals surface area contributed by atoms with Crippen LogP contribution in [-0.2, 0) is 17.7 Å². The van der Waals surface area contributed by atoms with Crippen LogP contribution in [0.1, 0.15) is 35.9 Å². The van der Waals surface area contributed by atoms with Crippen LogP contribution in [0.25, 0.3) is 0 Å². The zero-order chi connectivity index (χ0) is 14.7. The first-order valence-corrected chi connectivity index (χ1v) is 7.13. The molecule has 0 aromatic carbocycles. The number of carbonyl (C=O) groups is 1. The molecule has 2 aromatic rings. The van der Waals surface area contributed by atoms with E-state index in [1.165, 1.54) is 0 Å². The number of aromatic nitrogens is 3. The Morgan fingerprint density at radius 2 is 2.30 bits per heavy atom. The van der Waals surface area contributed by atoms with Gasteiger partial charge in [-0.2, -0.15) is 0 Å². The van der Waals surface area contributed by atoms with Crippen molar-refractivity contribution >= 4 is 23.1 Å². The van der Waals surface area contributed by atoms with E-state index in [1.807, 2.05) is 6.92 Å². The van der Waals surface area contributed by atoms with Crippen LogP contribution in [0.5, 0.6) is 0 Å². The topological polar surface area (TPSA) is 103 Å². The first kappa shape index (κ1) is 14.3. The van der Waals surface area contributed by atoms with Crippen molar-refractivity contribution in [2.75, 3.05) is 12.3 Å². The molecule has 2 rings (SSSR count). The molecule has 0 atom stereocenters. The van der Waals surface area contributed by atoms with Crippen LogP contribution in [0.4, 0.5) is 5.82 Å². The lowest BCUT2D eigenvalue weighted by Gasteiger charge is -2.07. The maximum atomic E-state index is 11.8. The number of imidazole rings is 1. The quantitative estimate of drug-likeness (QED) is 0.801. The van der Waals surface area contributed by atoms with Crippen molar-refractivity contribution in [1.82, 2.24) is 14.5 Å². The number of carbonyl (C=O) groups excluding carboxylic acids is 1. The molecule has 0 aliphatic heterocycles. The number of H-pyrrole nitrogens is 1. The average Bonchev–Trinajstić information content (AvgIpc) is 2.96. The lowest BCUT2D eigenvalue weighted by molar-refractivity contribution is 0.0521. The van der Waals surface area contributed by atoms with Crippen molar-refractivity contribution in [3.05, 3.63) is 32.3 Å². The van der Waals surface area contributed by atoms with Gasteiger partial charge in [-0.3, -0.25) is 4.79 Å². The highest BCUT2D eigenvalue weighted by atomic mass is 32.1. The normalized spacial score (nSPS) is 10.7. The standard InChI is InChI=1S/C12H16N4O3S/c1-3-8-15-9(11(17)19-4-2)10(13)16(8)5-7-6-20-12(18)14-7/h6H,3-5,13H2,1-2H3,(H,14,18). The van der Waals surface area contributed by atoms with Crippen molar-refractivity contribution in [3.63, 3.8) is 0 Å². The molecule has 0 saturated heterocycles. The predicted molar refractivity (Wildman–Crippen MR) is 76.0 cm³/mol. The molecule has 0 radical (unpaired) electrons. The highest BCUT2D eigenvalue weighted by Gasteiger charge is 2.21. The number of ether oxygens (including phenoxy) is 1. The van der Waals surface area contributed by atoms with Gasteiger partial charge in [0.15, 0.2) is 5.69 Å². The molecular formula is C12H16N4O3S. The highest BCUT2D eigenvalue weighted by Crippen LogP contribution is 2.18. The summed E-state index contributed by atoms with van der Waals surface area (Å²) in [6, 6.07) is 0. The average molecular weight is 296 g/mol. The zero-order valence-electron chi connectivity index (χ0n) is 11.3. The van der Waals surface area contributed by atoms with Crippen molar-refractivity contribution in [2.45, 2.75) is 26.8 Å². The van der Waals surface area contributed by atoms with Gasteiger partial charge in [0.25, 0.3) is 0 Å². The van der Waals surface area contributed by atoms with Gasteiger partial charge in [-0.1, -0.05) is 18.3 Å². The Bertz CT molecular complexity index is 671. The summed E-state index contributed by atoms with van der Waals surface area (Å²) in [5, 5.41) is 1.73. The summed E-state index contributed by atoms with van der Waals surface area (Å²) in [7, 11) is 0. The zero-order valence-corrected chi connectivity index (χ0v) is 12.1. The van der Waals surface area contributed by atoms with E-state index in [0.717, 1.165) is 17.0 Å². The minimum atomic E-state index is -0.530. The van der Waals surface area contributed by atoms with Crippen LogP contribution < -0.4 is 10.6 Å². The van der Waals surface area contributed by atoms with Gasteiger partial charge < -0.3 is 20.0 Å². The van der Waals surface area contributed by atoms with Crippen molar-refractivity contribution in [3.8, 4) is 0 Å². The third kappa shape index (κ3) is 2.74. The number of nitrogens with two attached hydrogens (primary N) is 1. The van der Waals surface area contributed by atoms with E-state index in [1.54, 1.807) is 16.9 Å². The van der Waals surface area contributed by atoms with E-state index in [9.17, 15) is 9.59 Å². The molecule has 108 valence electrons. The molecule has 0 aliphatic rings. The van der Waals surface area contributed by atoms with Crippen molar-refractivity contribution < 1.29 is 9.53 Å². The Kier molecular flexibility index (Phi) is 4.23. The Hall–Kier alpha value is -2.09. The van der Waals surface area contributed by atoms with Gasteiger partial charge in [0.1, 0.15) is 11.6 Å². The number of aromatic amines is 1. The van der Waals surface area contributed by atoms with Gasteiger partial charge in [-0.25, -0.2) is 9.78 Å². The highest BCUT2D eigenvalue weighted by molar-refractivity contribution is 7.07. The molecule has 2 heterocycles. The van der Waals surface area contributed by atoms with Crippen LogP contribution in [-0.4, -0.2) is 27.1 Å². The van der Waals surface area contributed by atoms with Gasteiger partial charge in [-0.05, 0) is 6.92 Å². The van der Waals surface area contributed by atoms with Crippen molar-refractivity contribution in [2.24, 2.45) is 0 Å². The number of nitrogen functional groups attached to an aromatic ring is 1. The smallest absolute Gasteiger partial charge is 0.360 e. The fourth-order valence-corrected chi connectivity index (χ4v) is 2.44. The van der Waals surface area contributed by atoms with Gasteiger partial charge >= 0.3 is 10.8 Å². The number of hydrogen-bond acceptors (Lipinski definition) is 6. The van der Waals surface area contributed by atoms with Gasteiger partial charge in [0.05, 0.1) is 13.2 Å². The number of thiazole rings is 1. The lowest BCUT2D eigenvalue weighted by Crippen LogP contribution is -2.11. The molecule has 0 amide bonds. The fraction of sp³-hybridized carbons (Fsp3) is 0.417. The molecule has 7 nitrogen and oxygen atoms in total. The SMILES string of the molecule is CCOC(=O)c1nc(CC)n(Cc2csc(=O)[nH]2)c1N. The largest absolute Gasteiger partial charge is 0.461 e. The third-order valence-electron chi connectivity index (χ3n) is 2.77. The monoisotopic (exact) mass is 296 g/mol. The summed E-state index contributed by atoms with van der Waals surface area (Å²) in [5.74, 6) is 0.405. The van der Waals surface area contributed by atoms with Crippen LogP contribution in [0.15, 0.2) is 10.2 Å². The number of nitrogens with one attached hydrogen (secondary N) is 1. The summed E-state index contributed by atoms with van der Waals surface area (Å²) in [5.41, 5.74) is 6.83. The molecule has 0 saturated carbocycles. The molecule has 2 aromatic heterocycles. The maximum absolute atomic E-state index is 11.8. The Labute approximate surface area is 119 Å². The minimum absolute atomic E-state index is 0.123. The van der Waals surface area contributed by atoms with E-state index < -0.39 is 5.97 Å². The minimum Gasteiger partial charge on any atom is -0.461 e. The molecule has 0 spiro atoms. The van der Waals surface area contributed by atoms with Gasteiger partial charge in [0.2, 0.25) is 0 Å². The fourth-order valence-electron chi connectivity index (χ4n) is 1.87. The van der Waals surface area contributed by atoms with Gasteiger partial charge in [-0.15, -0.1) is 0 Å². The van der Waals surface area contributed by atoms with E-state index in [0.29, 0.717) is 18.8 Å². The Morgan fingerprint density at radius 3 is 2.85 bits per heavy atom. The summed E-state index contributed by atoms with van der Waals surface area (Å²) >= 11 is 1.09. The van der Waals surface area contributed by atoms with Crippen molar-refractivity contribution in [1.29, 1.82) is 0 Å². The summed E-state index contributed by atoms with van der Waals surface area (Å²) in [4.78, 5) is 29.7. The number of aryl methyl sites for hydroxylation is 1. The Morgan fingerprint density at radius 1 is 1.55 bits per heavy atom. The second kappa shape index (κ2) is 5.91. The molecule has 0 unspecified atom stereocenters. The first-order chi connectivity index (χ1) is 9.56. The number of hydrogen-bond donors (Lipinski definition) is 2. The number of esters is 1. The van der Waals surface area contributed by atoms with Gasteiger partial charge in [0, 0.05) is 17.5 Å². The molecule has 0 aliphatic carbocycles. The number of nitrogens with zero attached hydrogens (tertiary/aromatic N) is 2. The number of anilines is 1. The lowest BCUT2D eigenvalue weighted by atomic mass is 10.4. The number of rotatable bonds is 5. The van der Waals surface area contributed by atoms with E-state index >= 15 is 0 Å². The van der Waals surface area contributed by atoms with Crippen LogP contribution in [0, 0.1) is 0 Å². The molecule has 8 heteroatoms. The summed E-state index contributed by atoms with van der Waals surface area (Å²) in [6.07, 6.45) is 0.623. The molecule has 0 bridgehead atoms. The van der Waals surface area contributed by atoms with Crippen LogP contribution in [0.2, 0.25) is 0 Å². The van der Waals surface area contributed by atoms with Crippen LogP contribution >= 0.6 is 11.3 Å².